The summed E-state index contributed by atoms with van der Waals surface area (Å²) in [5, 5.41) is 40.5. The summed E-state index contributed by atoms with van der Waals surface area (Å²) in [4.78, 5) is 11.5. The van der Waals surface area contributed by atoms with Crippen LogP contribution in [0.3, 0.4) is 0 Å². The van der Waals surface area contributed by atoms with E-state index < -0.39 is 42.2 Å². The molecule has 0 saturated heterocycles. The minimum atomic E-state index is -1.45. The molecule has 7 nitrogen and oxygen atoms in total. The quantitative estimate of drug-likeness (QED) is 0.402. The standard InChI is InChI=1S/C11H21NO6/c1-11(2,3)18-10(17)12-7-5(13)4-6(14)8(15)9(7)16/h5-9,13-16H,4H2,1-3H3,(H,12,17)/t5-,6+,7+,8+,9+/m1/s1. The fourth-order valence-electron chi connectivity index (χ4n) is 1.83. The maximum atomic E-state index is 11.5. The van der Waals surface area contributed by atoms with Gasteiger partial charge in [-0.3, -0.25) is 0 Å². The topological polar surface area (TPSA) is 119 Å². The number of aliphatic hydroxyl groups excluding tert-OH is 4. The first-order chi connectivity index (χ1) is 8.11. The Morgan fingerprint density at radius 3 is 2.17 bits per heavy atom. The Kier molecular flexibility index (Phi) is 4.55. The molecule has 0 unspecified atom stereocenters. The van der Waals surface area contributed by atoms with Crippen LogP contribution in [0.4, 0.5) is 4.79 Å². The summed E-state index contributed by atoms with van der Waals surface area (Å²) in [7, 11) is 0. The highest BCUT2D eigenvalue weighted by Gasteiger charge is 2.43. The van der Waals surface area contributed by atoms with Crippen LogP contribution in [-0.4, -0.2) is 62.6 Å². The highest BCUT2D eigenvalue weighted by atomic mass is 16.6. The highest BCUT2D eigenvalue weighted by Crippen LogP contribution is 2.21. The summed E-state index contributed by atoms with van der Waals surface area (Å²) in [5.41, 5.74) is -0.702. The zero-order valence-corrected chi connectivity index (χ0v) is 10.7. The molecule has 1 fully saturated rings. The number of carbonyl (C=O) groups is 1. The van der Waals surface area contributed by atoms with Crippen LogP contribution in [0.15, 0.2) is 0 Å². The molecular formula is C11H21NO6. The predicted octanol–water partition coefficient (Wildman–Crippen LogP) is -1.27. The monoisotopic (exact) mass is 263 g/mol. The maximum absolute atomic E-state index is 11.5. The SMILES string of the molecule is CC(C)(C)OC(=O)N[C@@H]1[C@H](O)[C@@H](O)[C@@H](O)C[C@H]1O. The molecule has 106 valence electrons. The molecular weight excluding hydrogens is 242 g/mol. The van der Waals surface area contributed by atoms with Gasteiger partial charge in [-0.25, -0.2) is 4.79 Å². The second-order valence-electron chi connectivity index (χ2n) is 5.52. The van der Waals surface area contributed by atoms with Gasteiger partial charge in [0.05, 0.1) is 18.2 Å². The number of hydrogen-bond acceptors (Lipinski definition) is 6. The molecule has 5 N–H and O–H groups in total. The number of amides is 1. The van der Waals surface area contributed by atoms with Gasteiger partial charge in [-0.2, -0.15) is 0 Å². The highest BCUT2D eigenvalue weighted by molar-refractivity contribution is 5.68. The van der Waals surface area contributed by atoms with Crippen LogP contribution in [0.25, 0.3) is 0 Å². The van der Waals surface area contributed by atoms with E-state index in [1.165, 1.54) is 0 Å². The summed E-state index contributed by atoms with van der Waals surface area (Å²) >= 11 is 0. The fraction of sp³-hybridized carbons (Fsp3) is 0.909. The molecule has 0 spiro atoms. The summed E-state index contributed by atoms with van der Waals surface area (Å²) in [6, 6.07) is -1.07. The smallest absolute Gasteiger partial charge is 0.408 e. The van der Waals surface area contributed by atoms with Crippen LogP contribution < -0.4 is 5.32 Å². The van der Waals surface area contributed by atoms with Gasteiger partial charge in [0.1, 0.15) is 17.8 Å². The van der Waals surface area contributed by atoms with Gasteiger partial charge in [0.25, 0.3) is 0 Å². The van der Waals surface area contributed by atoms with Gasteiger partial charge in [0.15, 0.2) is 0 Å². The number of hydrogen-bond donors (Lipinski definition) is 5. The van der Waals surface area contributed by atoms with Gasteiger partial charge in [-0.1, -0.05) is 0 Å². The number of aliphatic hydroxyl groups is 4. The van der Waals surface area contributed by atoms with Crippen LogP contribution in [0, 0.1) is 0 Å². The van der Waals surface area contributed by atoms with Crippen LogP contribution in [0.1, 0.15) is 27.2 Å². The Morgan fingerprint density at radius 1 is 1.11 bits per heavy atom. The van der Waals surface area contributed by atoms with Crippen molar-refractivity contribution >= 4 is 6.09 Å². The number of carbonyl (C=O) groups excluding carboxylic acids is 1. The third kappa shape index (κ3) is 3.81. The Hall–Kier alpha value is -0.890. The molecule has 1 amide bonds. The maximum Gasteiger partial charge on any atom is 0.408 e. The number of alkyl carbamates (subject to hydrolysis) is 1. The van der Waals surface area contributed by atoms with E-state index in [9.17, 15) is 25.2 Å². The summed E-state index contributed by atoms with van der Waals surface area (Å²) in [6.07, 6.45) is -6.14. The average molecular weight is 263 g/mol. The third-order valence-electron chi connectivity index (χ3n) is 2.69. The normalized spacial score (nSPS) is 37.2. The van der Waals surface area contributed by atoms with Crippen molar-refractivity contribution in [2.45, 2.75) is 63.3 Å². The largest absolute Gasteiger partial charge is 0.444 e. The molecule has 7 heteroatoms. The van der Waals surface area contributed by atoms with Gasteiger partial charge >= 0.3 is 6.09 Å². The van der Waals surface area contributed by atoms with Crippen molar-refractivity contribution in [2.75, 3.05) is 0 Å². The lowest BCUT2D eigenvalue weighted by Crippen LogP contribution is -2.62. The zero-order chi connectivity index (χ0) is 14.1. The van der Waals surface area contributed by atoms with Crippen molar-refractivity contribution in [3.8, 4) is 0 Å². The van der Waals surface area contributed by atoms with Crippen molar-refractivity contribution in [3.63, 3.8) is 0 Å². The molecule has 18 heavy (non-hydrogen) atoms. The lowest BCUT2D eigenvalue weighted by Gasteiger charge is -2.39. The molecule has 1 saturated carbocycles. The lowest BCUT2D eigenvalue weighted by atomic mass is 9.85. The van der Waals surface area contributed by atoms with Gasteiger partial charge in [0.2, 0.25) is 0 Å². The molecule has 0 aromatic heterocycles. The Labute approximate surface area is 105 Å². The molecule has 0 aromatic rings. The van der Waals surface area contributed by atoms with Crippen LogP contribution in [0.2, 0.25) is 0 Å². The van der Waals surface area contributed by atoms with E-state index in [0.29, 0.717) is 0 Å². The van der Waals surface area contributed by atoms with E-state index in [1.54, 1.807) is 20.8 Å². The lowest BCUT2D eigenvalue weighted by molar-refractivity contribution is -0.133. The number of ether oxygens (including phenoxy) is 1. The predicted molar refractivity (Wildman–Crippen MR) is 61.8 cm³/mol. The van der Waals surface area contributed by atoms with E-state index in [-0.39, 0.29) is 6.42 Å². The zero-order valence-electron chi connectivity index (χ0n) is 10.7. The summed E-state index contributed by atoms with van der Waals surface area (Å²) < 4.78 is 4.98. The first kappa shape index (κ1) is 15.2. The van der Waals surface area contributed by atoms with Gasteiger partial charge in [-0.05, 0) is 20.8 Å². The average Bonchev–Trinajstić information content (AvgIpc) is 2.19. The molecule has 1 aliphatic rings. The van der Waals surface area contributed by atoms with Crippen LogP contribution >= 0.6 is 0 Å². The Bertz CT molecular complexity index is 302. The molecule has 1 aliphatic carbocycles. The van der Waals surface area contributed by atoms with Crippen molar-refractivity contribution in [1.29, 1.82) is 0 Å². The third-order valence-corrected chi connectivity index (χ3v) is 2.69. The Morgan fingerprint density at radius 2 is 1.67 bits per heavy atom. The molecule has 5 atom stereocenters. The second-order valence-corrected chi connectivity index (χ2v) is 5.52. The second kappa shape index (κ2) is 5.40. The van der Waals surface area contributed by atoms with Crippen molar-refractivity contribution in [1.82, 2.24) is 5.32 Å². The van der Waals surface area contributed by atoms with Crippen molar-refractivity contribution in [2.24, 2.45) is 0 Å². The van der Waals surface area contributed by atoms with Crippen LogP contribution in [-0.2, 0) is 4.74 Å². The first-order valence-corrected chi connectivity index (χ1v) is 5.83. The minimum absolute atomic E-state index is 0.126. The van der Waals surface area contributed by atoms with Gasteiger partial charge in [-0.15, -0.1) is 0 Å². The van der Waals surface area contributed by atoms with Crippen molar-refractivity contribution < 1.29 is 30.0 Å². The molecule has 0 radical (unpaired) electrons. The Balaban J connectivity index is 2.62. The molecule has 0 aromatic carbocycles. The van der Waals surface area contributed by atoms with Crippen molar-refractivity contribution in [3.05, 3.63) is 0 Å². The van der Waals surface area contributed by atoms with E-state index in [1.807, 2.05) is 0 Å². The number of nitrogens with one attached hydrogen (secondary N) is 1. The molecule has 0 heterocycles. The van der Waals surface area contributed by atoms with Gasteiger partial charge < -0.3 is 30.5 Å². The fourth-order valence-corrected chi connectivity index (χ4v) is 1.83. The van der Waals surface area contributed by atoms with E-state index in [0.717, 1.165) is 0 Å². The van der Waals surface area contributed by atoms with Crippen LogP contribution in [0.5, 0.6) is 0 Å². The van der Waals surface area contributed by atoms with E-state index in [2.05, 4.69) is 5.32 Å². The van der Waals surface area contributed by atoms with Gasteiger partial charge in [0, 0.05) is 6.42 Å². The molecule has 1 rings (SSSR count). The number of rotatable bonds is 1. The molecule has 0 bridgehead atoms. The summed E-state index contributed by atoms with van der Waals surface area (Å²) in [6.45, 7) is 5.04. The summed E-state index contributed by atoms with van der Waals surface area (Å²) in [5.74, 6) is 0. The first-order valence-electron chi connectivity index (χ1n) is 5.83. The minimum Gasteiger partial charge on any atom is -0.444 e. The van der Waals surface area contributed by atoms with E-state index in [4.69, 9.17) is 4.74 Å². The molecule has 0 aliphatic heterocycles. The van der Waals surface area contributed by atoms with E-state index >= 15 is 0 Å².